The van der Waals surface area contributed by atoms with E-state index in [2.05, 4.69) is 5.10 Å². The van der Waals surface area contributed by atoms with E-state index >= 15 is 0 Å². The Labute approximate surface area is 139 Å². The molecule has 0 fully saturated rings. The van der Waals surface area contributed by atoms with E-state index in [9.17, 15) is 9.59 Å². The highest BCUT2D eigenvalue weighted by Crippen LogP contribution is 2.21. The molecule has 0 atom stereocenters. The lowest BCUT2D eigenvalue weighted by Crippen LogP contribution is -2.38. The van der Waals surface area contributed by atoms with Crippen LogP contribution in [0, 0.1) is 0 Å². The maximum atomic E-state index is 12.7. The molecule has 2 rings (SSSR count). The van der Waals surface area contributed by atoms with Crippen molar-refractivity contribution in [2.24, 2.45) is 0 Å². The van der Waals surface area contributed by atoms with Gasteiger partial charge in [-0.25, -0.2) is 4.68 Å². The van der Waals surface area contributed by atoms with Crippen molar-refractivity contribution in [3.63, 3.8) is 0 Å². The summed E-state index contributed by atoms with van der Waals surface area (Å²) in [4.78, 5) is 24.8. The van der Waals surface area contributed by atoms with E-state index in [1.54, 1.807) is 6.20 Å². The van der Waals surface area contributed by atoms with Crippen LogP contribution in [0.15, 0.2) is 36.5 Å². The summed E-state index contributed by atoms with van der Waals surface area (Å²) >= 11 is 0. The molecule has 128 valence electrons. The number of aromatic nitrogens is 2. The van der Waals surface area contributed by atoms with Crippen LogP contribution >= 0.6 is 0 Å². The Bertz CT molecular complexity index is 699. The lowest BCUT2D eigenvalue weighted by Gasteiger charge is -2.19. The lowest BCUT2D eigenvalue weighted by molar-refractivity contribution is -0.137. The standard InChI is InChI=1S/C16H19N3O5/c1-23-9-8-18(11-14(20)21)16(22)15-13(24-2)10-19(17-15)12-6-4-3-5-7-12/h3-7,10H,8-9,11H2,1-2H3,(H,20,21). The van der Waals surface area contributed by atoms with Crippen LogP contribution in [0.5, 0.6) is 5.75 Å². The minimum absolute atomic E-state index is 0.0544. The van der Waals surface area contributed by atoms with Gasteiger partial charge in [-0.05, 0) is 12.1 Å². The molecule has 0 aliphatic carbocycles. The van der Waals surface area contributed by atoms with Gasteiger partial charge in [-0.1, -0.05) is 18.2 Å². The van der Waals surface area contributed by atoms with E-state index in [1.165, 1.54) is 18.9 Å². The number of carboxylic acid groups (broad SMARTS) is 1. The predicted molar refractivity (Wildman–Crippen MR) is 85.5 cm³/mol. The molecule has 24 heavy (non-hydrogen) atoms. The number of amides is 1. The van der Waals surface area contributed by atoms with Gasteiger partial charge in [0.05, 0.1) is 25.6 Å². The molecule has 1 aromatic carbocycles. The summed E-state index contributed by atoms with van der Waals surface area (Å²) < 4.78 is 11.7. The van der Waals surface area contributed by atoms with Crippen molar-refractivity contribution in [2.75, 3.05) is 33.9 Å². The number of carboxylic acids is 1. The van der Waals surface area contributed by atoms with Gasteiger partial charge in [-0.15, -0.1) is 0 Å². The first-order valence-electron chi connectivity index (χ1n) is 7.26. The SMILES string of the molecule is COCCN(CC(=O)O)C(=O)c1nn(-c2ccccc2)cc1OC. The third kappa shape index (κ3) is 4.11. The summed E-state index contributed by atoms with van der Waals surface area (Å²) in [5.74, 6) is -1.36. The topological polar surface area (TPSA) is 93.9 Å². The number of ether oxygens (including phenoxy) is 2. The molecule has 0 aliphatic heterocycles. The van der Waals surface area contributed by atoms with Crippen LogP contribution in [0.25, 0.3) is 5.69 Å². The maximum Gasteiger partial charge on any atom is 0.323 e. The predicted octanol–water partition coefficient (Wildman–Crippen LogP) is 1.05. The molecule has 0 saturated heterocycles. The summed E-state index contributed by atoms with van der Waals surface area (Å²) in [7, 11) is 2.91. The number of rotatable bonds is 8. The van der Waals surface area contributed by atoms with E-state index in [4.69, 9.17) is 14.6 Å². The number of aliphatic carboxylic acids is 1. The number of methoxy groups -OCH3 is 2. The normalized spacial score (nSPS) is 10.4. The molecular weight excluding hydrogens is 314 g/mol. The second kappa shape index (κ2) is 8.11. The Morgan fingerprint density at radius 2 is 1.96 bits per heavy atom. The Morgan fingerprint density at radius 1 is 1.25 bits per heavy atom. The fraction of sp³-hybridized carbons (Fsp3) is 0.312. The first kappa shape index (κ1) is 17.5. The van der Waals surface area contributed by atoms with Crippen molar-refractivity contribution in [1.29, 1.82) is 0 Å². The number of para-hydroxylation sites is 1. The van der Waals surface area contributed by atoms with Gasteiger partial charge in [0.25, 0.3) is 5.91 Å². The van der Waals surface area contributed by atoms with Gasteiger partial charge in [0, 0.05) is 13.7 Å². The van der Waals surface area contributed by atoms with Crippen LogP contribution in [0.4, 0.5) is 0 Å². The molecule has 0 aliphatic rings. The van der Waals surface area contributed by atoms with E-state index < -0.39 is 18.4 Å². The van der Waals surface area contributed by atoms with E-state index in [-0.39, 0.29) is 24.6 Å². The number of benzene rings is 1. The van der Waals surface area contributed by atoms with E-state index in [0.717, 1.165) is 10.6 Å². The van der Waals surface area contributed by atoms with E-state index in [0.29, 0.717) is 0 Å². The van der Waals surface area contributed by atoms with Crippen molar-refractivity contribution < 1.29 is 24.2 Å². The Kier molecular flexibility index (Phi) is 5.91. The van der Waals surface area contributed by atoms with Gasteiger partial charge in [0.2, 0.25) is 0 Å². The van der Waals surface area contributed by atoms with Gasteiger partial charge < -0.3 is 19.5 Å². The number of carbonyl (C=O) groups is 2. The molecule has 0 radical (unpaired) electrons. The number of hydrogen-bond acceptors (Lipinski definition) is 5. The van der Waals surface area contributed by atoms with Crippen LogP contribution in [0.3, 0.4) is 0 Å². The molecule has 0 bridgehead atoms. The average Bonchev–Trinajstić information content (AvgIpc) is 3.02. The highest BCUT2D eigenvalue weighted by atomic mass is 16.5. The van der Waals surface area contributed by atoms with Gasteiger partial charge >= 0.3 is 5.97 Å². The highest BCUT2D eigenvalue weighted by Gasteiger charge is 2.25. The van der Waals surface area contributed by atoms with E-state index in [1.807, 2.05) is 30.3 Å². The second-order valence-corrected chi connectivity index (χ2v) is 4.94. The molecule has 1 aromatic heterocycles. The lowest BCUT2D eigenvalue weighted by atomic mass is 10.3. The van der Waals surface area contributed by atoms with Crippen LogP contribution in [-0.4, -0.2) is 65.6 Å². The number of hydrogen-bond donors (Lipinski definition) is 1. The Hall–Kier alpha value is -2.87. The fourth-order valence-corrected chi connectivity index (χ4v) is 2.14. The largest absolute Gasteiger partial charge is 0.493 e. The summed E-state index contributed by atoms with van der Waals surface area (Å²) in [6, 6.07) is 9.23. The zero-order valence-corrected chi connectivity index (χ0v) is 13.5. The van der Waals surface area contributed by atoms with Gasteiger partial charge in [0.1, 0.15) is 6.54 Å². The first-order valence-corrected chi connectivity index (χ1v) is 7.26. The van der Waals surface area contributed by atoms with Crippen LogP contribution in [-0.2, 0) is 9.53 Å². The number of carbonyl (C=O) groups excluding carboxylic acids is 1. The van der Waals surface area contributed by atoms with Crippen LogP contribution < -0.4 is 4.74 Å². The summed E-state index contributed by atoms with van der Waals surface area (Å²) in [6.45, 7) is -0.0761. The van der Waals surface area contributed by atoms with Crippen molar-refractivity contribution in [1.82, 2.24) is 14.7 Å². The van der Waals surface area contributed by atoms with Crippen LogP contribution in [0.2, 0.25) is 0 Å². The molecular formula is C16H19N3O5. The number of nitrogens with zero attached hydrogens (tertiary/aromatic N) is 3. The molecule has 0 saturated carbocycles. The quantitative estimate of drug-likeness (QED) is 0.776. The van der Waals surface area contributed by atoms with Gasteiger partial charge in [-0.2, -0.15) is 5.10 Å². The third-order valence-corrected chi connectivity index (χ3v) is 3.30. The Morgan fingerprint density at radius 3 is 2.54 bits per heavy atom. The third-order valence-electron chi connectivity index (χ3n) is 3.30. The molecule has 1 amide bonds. The average molecular weight is 333 g/mol. The molecule has 1 heterocycles. The van der Waals surface area contributed by atoms with Gasteiger partial charge in [0.15, 0.2) is 11.4 Å². The zero-order valence-electron chi connectivity index (χ0n) is 13.5. The highest BCUT2D eigenvalue weighted by molar-refractivity contribution is 5.96. The minimum Gasteiger partial charge on any atom is -0.493 e. The minimum atomic E-state index is -1.11. The zero-order chi connectivity index (χ0) is 17.5. The second-order valence-electron chi connectivity index (χ2n) is 4.94. The summed E-state index contributed by atoms with van der Waals surface area (Å²) in [5.41, 5.74) is 0.815. The van der Waals surface area contributed by atoms with Crippen LogP contribution in [0.1, 0.15) is 10.5 Å². The molecule has 1 N–H and O–H groups in total. The Balaban J connectivity index is 2.32. The first-order chi connectivity index (χ1) is 11.6. The smallest absolute Gasteiger partial charge is 0.323 e. The van der Waals surface area contributed by atoms with Crippen molar-refractivity contribution in [3.05, 3.63) is 42.2 Å². The molecule has 8 heteroatoms. The molecule has 8 nitrogen and oxygen atoms in total. The van der Waals surface area contributed by atoms with Crippen molar-refractivity contribution in [3.8, 4) is 11.4 Å². The monoisotopic (exact) mass is 333 g/mol. The molecule has 2 aromatic rings. The maximum absolute atomic E-state index is 12.7. The summed E-state index contributed by atoms with van der Waals surface area (Å²) in [5, 5.41) is 13.3. The summed E-state index contributed by atoms with van der Waals surface area (Å²) in [6.07, 6.45) is 1.58. The van der Waals surface area contributed by atoms with Crippen molar-refractivity contribution in [2.45, 2.75) is 0 Å². The molecule has 0 spiro atoms. The van der Waals surface area contributed by atoms with Gasteiger partial charge in [-0.3, -0.25) is 9.59 Å². The fourth-order valence-electron chi connectivity index (χ4n) is 2.14. The van der Waals surface area contributed by atoms with Crippen molar-refractivity contribution >= 4 is 11.9 Å². The molecule has 0 unspecified atom stereocenters.